The summed E-state index contributed by atoms with van der Waals surface area (Å²) in [4.78, 5) is 8.92. The van der Waals surface area contributed by atoms with Crippen molar-refractivity contribution in [1.29, 1.82) is 0 Å². The lowest BCUT2D eigenvalue weighted by molar-refractivity contribution is 0.0116. The highest BCUT2D eigenvalue weighted by atomic mass is 16.7. The Hall–Kier alpha value is -0.570. The van der Waals surface area contributed by atoms with Gasteiger partial charge in [0.05, 0.1) is 0 Å². The van der Waals surface area contributed by atoms with Crippen LogP contribution in [0, 0.1) is 5.92 Å². The molecule has 3 nitrogen and oxygen atoms in total. The fourth-order valence-electron chi connectivity index (χ4n) is 0.543. The molecule has 1 aliphatic rings. The topological polar surface area (TPSA) is 33.6 Å². The molecule has 0 bridgehead atoms. The molecule has 0 fully saturated rings. The van der Waals surface area contributed by atoms with Gasteiger partial charge in [0.2, 0.25) is 0 Å². The summed E-state index contributed by atoms with van der Waals surface area (Å²) >= 11 is 0. The van der Waals surface area contributed by atoms with Crippen molar-refractivity contribution < 1.29 is 4.84 Å². The molecule has 0 saturated heterocycles. The molecule has 46 valence electrons. The van der Waals surface area contributed by atoms with Crippen molar-refractivity contribution in [2.24, 2.45) is 10.9 Å². The van der Waals surface area contributed by atoms with Crippen molar-refractivity contribution in [3.8, 4) is 0 Å². The van der Waals surface area contributed by atoms with Gasteiger partial charge >= 0.3 is 0 Å². The normalized spacial score (nSPS) is 26.6. The van der Waals surface area contributed by atoms with Crippen LogP contribution in [0.15, 0.2) is 4.99 Å². The molecule has 1 atom stereocenters. The van der Waals surface area contributed by atoms with Crippen molar-refractivity contribution in [2.75, 3.05) is 0 Å². The van der Waals surface area contributed by atoms with E-state index >= 15 is 0 Å². The second kappa shape index (κ2) is 2.13. The van der Waals surface area contributed by atoms with Crippen LogP contribution >= 0.6 is 0 Å². The minimum absolute atomic E-state index is 0.0231. The van der Waals surface area contributed by atoms with Crippen molar-refractivity contribution in [2.45, 2.75) is 20.1 Å². The van der Waals surface area contributed by atoms with Gasteiger partial charge < -0.3 is 0 Å². The molecule has 0 aromatic heterocycles. The fourth-order valence-corrected chi connectivity index (χ4v) is 0.543. The van der Waals surface area contributed by atoms with Crippen LogP contribution in [0.4, 0.5) is 0 Å². The van der Waals surface area contributed by atoms with E-state index in [-0.39, 0.29) is 6.23 Å². The summed E-state index contributed by atoms with van der Waals surface area (Å²) in [7, 11) is 0. The Morgan fingerprint density at radius 1 is 1.75 bits per heavy atom. The van der Waals surface area contributed by atoms with E-state index in [1.807, 2.05) is 0 Å². The van der Waals surface area contributed by atoms with Crippen LogP contribution in [0.1, 0.15) is 13.8 Å². The van der Waals surface area contributed by atoms with Gasteiger partial charge in [-0.25, -0.2) is 9.83 Å². The molecule has 0 aromatic rings. The maximum atomic E-state index is 4.94. The van der Waals surface area contributed by atoms with E-state index in [1.54, 1.807) is 6.34 Å². The maximum absolute atomic E-state index is 4.94. The van der Waals surface area contributed by atoms with Gasteiger partial charge in [-0.05, 0) is 0 Å². The SMILES string of the molecule is CC(C)C1N=CNO1. The lowest BCUT2D eigenvalue weighted by atomic mass is 10.2. The van der Waals surface area contributed by atoms with E-state index < -0.39 is 0 Å². The summed E-state index contributed by atoms with van der Waals surface area (Å²) in [6.45, 7) is 4.13. The van der Waals surface area contributed by atoms with Gasteiger partial charge in [0.15, 0.2) is 6.23 Å². The Balaban J connectivity index is 2.36. The Bertz CT molecular complexity index is 101. The third-order valence-electron chi connectivity index (χ3n) is 1.03. The number of hydrogen-bond donors (Lipinski definition) is 1. The molecule has 0 aliphatic carbocycles. The molecule has 8 heavy (non-hydrogen) atoms. The van der Waals surface area contributed by atoms with Gasteiger partial charge in [0.1, 0.15) is 6.34 Å². The monoisotopic (exact) mass is 114 g/mol. The number of hydrogen-bond acceptors (Lipinski definition) is 3. The fraction of sp³-hybridized carbons (Fsp3) is 0.800. The molecule has 0 spiro atoms. The Morgan fingerprint density at radius 3 is 2.75 bits per heavy atom. The van der Waals surface area contributed by atoms with E-state index in [9.17, 15) is 0 Å². The van der Waals surface area contributed by atoms with Crippen molar-refractivity contribution in [1.82, 2.24) is 5.48 Å². The second-order valence-electron chi connectivity index (χ2n) is 2.15. The van der Waals surface area contributed by atoms with Crippen LogP contribution in [-0.2, 0) is 4.84 Å². The zero-order chi connectivity index (χ0) is 5.98. The van der Waals surface area contributed by atoms with Gasteiger partial charge in [-0.2, -0.15) is 0 Å². The summed E-state index contributed by atoms with van der Waals surface area (Å²) < 4.78 is 0. The van der Waals surface area contributed by atoms with E-state index in [0.29, 0.717) is 5.92 Å². The lowest BCUT2D eigenvalue weighted by Crippen LogP contribution is -2.16. The lowest BCUT2D eigenvalue weighted by Gasteiger charge is -2.07. The molecule has 0 radical (unpaired) electrons. The molecular formula is C5H10N2O. The van der Waals surface area contributed by atoms with Crippen molar-refractivity contribution in [3.63, 3.8) is 0 Å². The molecule has 1 aliphatic heterocycles. The minimum Gasteiger partial charge on any atom is -0.254 e. The predicted octanol–water partition coefficient (Wildman–Crippen LogP) is 0.532. The zero-order valence-corrected chi connectivity index (χ0v) is 5.09. The summed E-state index contributed by atoms with van der Waals surface area (Å²) in [6.07, 6.45) is 1.60. The molecule has 1 rings (SSSR count). The molecule has 3 heteroatoms. The molecule has 0 saturated carbocycles. The third kappa shape index (κ3) is 0.980. The van der Waals surface area contributed by atoms with Gasteiger partial charge in [-0.15, -0.1) is 0 Å². The highest BCUT2D eigenvalue weighted by Crippen LogP contribution is 2.07. The van der Waals surface area contributed by atoms with E-state index in [1.165, 1.54) is 0 Å². The summed E-state index contributed by atoms with van der Waals surface area (Å²) in [5.74, 6) is 0.459. The van der Waals surface area contributed by atoms with E-state index in [4.69, 9.17) is 4.84 Å². The number of hydroxylamine groups is 1. The van der Waals surface area contributed by atoms with Crippen LogP contribution in [0.25, 0.3) is 0 Å². The standard InChI is InChI=1S/C5H10N2O/c1-4(2)5-6-3-7-8-5/h3-5H,1-2H3,(H,6,7). The van der Waals surface area contributed by atoms with E-state index in [2.05, 4.69) is 24.3 Å². The quantitative estimate of drug-likeness (QED) is 0.539. The van der Waals surface area contributed by atoms with Gasteiger partial charge in [0, 0.05) is 5.92 Å². The molecule has 1 heterocycles. The summed E-state index contributed by atoms with van der Waals surface area (Å²) in [6, 6.07) is 0. The predicted molar refractivity (Wildman–Crippen MR) is 31.3 cm³/mol. The Kier molecular flexibility index (Phi) is 1.48. The molecular weight excluding hydrogens is 104 g/mol. The Morgan fingerprint density at radius 2 is 2.50 bits per heavy atom. The maximum Gasteiger partial charge on any atom is 0.179 e. The largest absolute Gasteiger partial charge is 0.254 e. The first-order valence-corrected chi connectivity index (χ1v) is 2.73. The van der Waals surface area contributed by atoms with E-state index in [0.717, 1.165) is 0 Å². The van der Waals surface area contributed by atoms with Crippen molar-refractivity contribution in [3.05, 3.63) is 0 Å². The van der Waals surface area contributed by atoms with Gasteiger partial charge in [-0.3, -0.25) is 5.48 Å². The number of aliphatic imine (C=N–C) groups is 1. The molecule has 1 N–H and O–H groups in total. The summed E-state index contributed by atoms with van der Waals surface area (Å²) in [5.41, 5.74) is 2.56. The molecule has 1 unspecified atom stereocenters. The first kappa shape index (κ1) is 5.56. The second-order valence-corrected chi connectivity index (χ2v) is 2.15. The van der Waals surface area contributed by atoms with Gasteiger partial charge in [0.25, 0.3) is 0 Å². The van der Waals surface area contributed by atoms with Crippen LogP contribution < -0.4 is 5.48 Å². The molecule has 0 amide bonds. The average Bonchev–Trinajstić information content (AvgIpc) is 2.12. The van der Waals surface area contributed by atoms with Crippen LogP contribution in [0.3, 0.4) is 0 Å². The average molecular weight is 114 g/mol. The number of rotatable bonds is 1. The highest BCUT2D eigenvalue weighted by Gasteiger charge is 2.14. The minimum atomic E-state index is 0.0231. The number of nitrogens with zero attached hydrogens (tertiary/aromatic N) is 1. The van der Waals surface area contributed by atoms with Crippen molar-refractivity contribution >= 4 is 6.34 Å². The van der Waals surface area contributed by atoms with Crippen LogP contribution in [0.5, 0.6) is 0 Å². The molecule has 0 aromatic carbocycles. The highest BCUT2D eigenvalue weighted by molar-refractivity contribution is 5.54. The smallest absolute Gasteiger partial charge is 0.179 e. The van der Waals surface area contributed by atoms with Crippen LogP contribution in [-0.4, -0.2) is 12.6 Å². The first-order chi connectivity index (χ1) is 3.80. The third-order valence-corrected chi connectivity index (χ3v) is 1.03. The number of nitrogens with one attached hydrogen (secondary N) is 1. The first-order valence-electron chi connectivity index (χ1n) is 2.73. The zero-order valence-electron chi connectivity index (χ0n) is 5.09. The summed E-state index contributed by atoms with van der Waals surface area (Å²) in [5, 5.41) is 0. The Labute approximate surface area is 48.7 Å². The van der Waals surface area contributed by atoms with Gasteiger partial charge in [-0.1, -0.05) is 13.8 Å². The van der Waals surface area contributed by atoms with Crippen LogP contribution in [0.2, 0.25) is 0 Å².